The topological polar surface area (TPSA) is 47.4 Å². The fourth-order valence-electron chi connectivity index (χ4n) is 5.56. The van der Waals surface area contributed by atoms with E-state index in [0.29, 0.717) is 25.0 Å². The number of carbonyl (C=O) groups excluding carboxylic acids is 1. The van der Waals surface area contributed by atoms with Crippen LogP contribution in [0.3, 0.4) is 0 Å². The second-order valence-corrected chi connectivity index (χ2v) is 9.72. The maximum atomic E-state index is 12.9. The number of hydrogen-bond donors (Lipinski definition) is 0. The Labute approximate surface area is 196 Å². The van der Waals surface area contributed by atoms with Crippen LogP contribution in [-0.4, -0.2) is 39.6 Å². The zero-order valence-corrected chi connectivity index (χ0v) is 19.7. The predicted octanol–water partition coefficient (Wildman–Crippen LogP) is 5.85. The second kappa shape index (κ2) is 9.98. The third-order valence-electron chi connectivity index (χ3n) is 7.26. The van der Waals surface area contributed by atoms with Crippen LogP contribution >= 0.6 is 0 Å². The number of aryl methyl sites for hydroxylation is 2. The number of likely N-dealkylation sites (tertiary alicyclic amines) is 1. The van der Waals surface area contributed by atoms with Crippen LogP contribution in [0, 0.1) is 6.92 Å². The maximum Gasteiger partial charge on any atom is 0.223 e. The first-order valence-electron chi connectivity index (χ1n) is 12.6. The molecule has 1 amide bonds. The first-order chi connectivity index (χ1) is 16.2. The molecule has 5 heteroatoms. The predicted molar refractivity (Wildman–Crippen MR) is 132 cm³/mol. The molecular weight excluding hydrogens is 410 g/mol. The lowest BCUT2D eigenvalue weighted by Crippen LogP contribution is -2.37. The van der Waals surface area contributed by atoms with E-state index in [-0.39, 0.29) is 5.92 Å². The lowest BCUT2D eigenvalue weighted by Gasteiger charge is -2.31. The van der Waals surface area contributed by atoms with Crippen molar-refractivity contribution >= 4 is 16.9 Å². The smallest absolute Gasteiger partial charge is 0.223 e. The van der Waals surface area contributed by atoms with Gasteiger partial charge in [0.25, 0.3) is 0 Å². The number of benzene rings is 2. The van der Waals surface area contributed by atoms with Gasteiger partial charge in [-0.3, -0.25) is 4.79 Å². The molecule has 2 aliphatic rings. The average Bonchev–Trinajstić information content (AvgIpc) is 3.40. The number of imidazole rings is 1. The van der Waals surface area contributed by atoms with Gasteiger partial charge < -0.3 is 14.2 Å². The normalized spacial score (nSPS) is 19.5. The summed E-state index contributed by atoms with van der Waals surface area (Å²) in [7, 11) is 0. The molecule has 33 heavy (non-hydrogen) atoms. The molecule has 1 saturated carbocycles. The van der Waals surface area contributed by atoms with Crippen molar-refractivity contribution in [1.29, 1.82) is 0 Å². The van der Waals surface area contributed by atoms with E-state index in [1.54, 1.807) is 0 Å². The van der Waals surface area contributed by atoms with E-state index in [1.807, 2.05) is 18.2 Å². The summed E-state index contributed by atoms with van der Waals surface area (Å²) in [6.07, 6.45) is 8.74. The van der Waals surface area contributed by atoms with Crippen LogP contribution in [0.25, 0.3) is 11.0 Å². The van der Waals surface area contributed by atoms with Crippen LogP contribution < -0.4 is 4.74 Å². The van der Waals surface area contributed by atoms with Crippen molar-refractivity contribution < 1.29 is 9.53 Å². The van der Waals surface area contributed by atoms with Crippen LogP contribution in [0.4, 0.5) is 0 Å². The average molecular weight is 446 g/mol. The van der Waals surface area contributed by atoms with Crippen molar-refractivity contribution in [2.75, 3.05) is 13.2 Å². The fraction of sp³-hybridized carbons (Fsp3) is 0.500. The summed E-state index contributed by atoms with van der Waals surface area (Å²) in [5.74, 6) is 2.53. The largest absolute Gasteiger partial charge is 0.494 e. The number of nitrogens with zero attached hydrogens (tertiary/aromatic N) is 3. The van der Waals surface area contributed by atoms with Crippen molar-refractivity contribution in [3.63, 3.8) is 0 Å². The van der Waals surface area contributed by atoms with Gasteiger partial charge in [-0.2, -0.15) is 0 Å². The number of rotatable bonds is 8. The minimum absolute atomic E-state index is 0.190. The lowest BCUT2D eigenvalue weighted by molar-refractivity contribution is -0.130. The highest BCUT2D eigenvalue weighted by Gasteiger charge is 2.37. The van der Waals surface area contributed by atoms with Crippen LogP contribution in [0.5, 0.6) is 5.75 Å². The minimum Gasteiger partial charge on any atom is -0.494 e. The van der Waals surface area contributed by atoms with E-state index >= 15 is 0 Å². The number of carbonyl (C=O) groups is 1. The third kappa shape index (κ3) is 4.92. The van der Waals surface area contributed by atoms with E-state index in [0.717, 1.165) is 55.9 Å². The fourth-order valence-corrected chi connectivity index (χ4v) is 5.56. The maximum absolute atomic E-state index is 12.9. The molecule has 1 aliphatic carbocycles. The molecule has 1 saturated heterocycles. The Kier molecular flexibility index (Phi) is 6.65. The minimum atomic E-state index is 0.190. The van der Waals surface area contributed by atoms with Gasteiger partial charge in [0.15, 0.2) is 0 Å². The van der Waals surface area contributed by atoms with Crippen LogP contribution in [0.2, 0.25) is 0 Å². The van der Waals surface area contributed by atoms with Gasteiger partial charge >= 0.3 is 0 Å². The van der Waals surface area contributed by atoms with E-state index in [4.69, 9.17) is 9.72 Å². The molecule has 2 heterocycles. The SMILES string of the molecule is Cc1cccc(OCCCCn2c(C3CC(=O)N(C4CCCCC4)C3)nc3ccccc32)c1. The summed E-state index contributed by atoms with van der Waals surface area (Å²) >= 11 is 0. The van der Waals surface area contributed by atoms with E-state index in [9.17, 15) is 4.79 Å². The standard InChI is InChI=1S/C28H35N3O2/c1-21-10-9-13-24(18-21)33-17-8-7-16-30-26-15-6-5-14-25(26)29-28(30)22-19-27(32)31(20-22)23-11-3-2-4-12-23/h5-6,9-10,13-15,18,22-23H,2-4,7-8,11-12,16-17,19-20H2,1H3. The first-order valence-corrected chi connectivity index (χ1v) is 12.6. The molecule has 5 rings (SSSR count). The molecule has 1 aliphatic heterocycles. The van der Waals surface area contributed by atoms with Gasteiger partial charge in [0.2, 0.25) is 5.91 Å². The van der Waals surface area contributed by atoms with Crippen molar-refractivity contribution in [3.05, 3.63) is 59.9 Å². The molecule has 1 unspecified atom stereocenters. The second-order valence-electron chi connectivity index (χ2n) is 9.72. The molecule has 2 fully saturated rings. The van der Waals surface area contributed by atoms with Crippen molar-refractivity contribution in [3.8, 4) is 5.75 Å². The molecule has 1 aromatic heterocycles. The number of unbranched alkanes of at least 4 members (excludes halogenated alkanes) is 1. The highest BCUT2D eigenvalue weighted by molar-refractivity contribution is 5.81. The van der Waals surface area contributed by atoms with Gasteiger partial charge in [0, 0.05) is 31.5 Å². The lowest BCUT2D eigenvalue weighted by atomic mass is 9.94. The molecule has 3 aromatic rings. The van der Waals surface area contributed by atoms with Gasteiger partial charge in [-0.15, -0.1) is 0 Å². The quantitative estimate of drug-likeness (QED) is 0.409. The van der Waals surface area contributed by atoms with Gasteiger partial charge in [-0.1, -0.05) is 43.5 Å². The molecule has 1 atom stereocenters. The number of aromatic nitrogens is 2. The zero-order valence-electron chi connectivity index (χ0n) is 19.7. The molecule has 0 spiro atoms. The van der Waals surface area contributed by atoms with Crippen LogP contribution in [0.15, 0.2) is 48.5 Å². The number of hydrogen-bond acceptors (Lipinski definition) is 3. The third-order valence-corrected chi connectivity index (χ3v) is 7.26. The summed E-state index contributed by atoms with van der Waals surface area (Å²) < 4.78 is 8.31. The van der Waals surface area contributed by atoms with Crippen LogP contribution in [-0.2, 0) is 11.3 Å². The Morgan fingerprint density at radius 3 is 2.73 bits per heavy atom. The van der Waals surface area contributed by atoms with Crippen LogP contribution in [0.1, 0.15) is 68.7 Å². The summed E-state index contributed by atoms with van der Waals surface area (Å²) in [6.45, 7) is 4.52. The summed E-state index contributed by atoms with van der Waals surface area (Å²) in [4.78, 5) is 20.1. The van der Waals surface area contributed by atoms with E-state index < -0.39 is 0 Å². The van der Waals surface area contributed by atoms with Gasteiger partial charge in [-0.25, -0.2) is 4.98 Å². The number of fused-ring (bicyclic) bond motifs is 1. The highest BCUT2D eigenvalue weighted by atomic mass is 16.5. The van der Waals surface area contributed by atoms with Crippen molar-refractivity contribution in [2.24, 2.45) is 0 Å². The Hall–Kier alpha value is -2.82. The van der Waals surface area contributed by atoms with Crippen molar-refractivity contribution in [2.45, 2.75) is 76.8 Å². The Balaban J connectivity index is 1.26. The van der Waals surface area contributed by atoms with Gasteiger partial charge in [0.05, 0.1) is 17.6 Å². The van der Waals surface area contributed by atoms with E-state index in [2.05, 4.69) is 46.7 Å². The first kappa shape index (κ1) is 22.0. The van der Waals surface area contributed by atoms with Gasteiger partial charge in [-0.05, 0) is 62.4 Å². The molecule has 174 valence electrons. The Bertz CT molecular complexity index is 1100. The summed E-state index contributed by atoms with van der Waals surface area (Å²) in [5.41, 5.74) is 3.43. The zero-order chi connectivity index (χ0) is 22.6. The van der Waals surface area contributed by atoms with E-state index in [1.165, 1.54) is 30.3 Å². The number of ether oxygens (including phenoxy) is 1. The van der Waals surface area contributed by atoms with Gasteiger partial charge in [0.1, 0.15) is 11.6 Å². The number of para-hydroxylation sites is 2. The monoisotopic (exact) mass is 445 g/mol. The molecule has 2 aromatic carbocycles. The Morgan fingerprint density at radius 1 is 1.03 bits per heavy atom. The number of amides is 1. The Morgan fingerprint density at radius 2 is 1.88 bits per heavy atom. The summed E-state index contributed by atoms with van der Waals surface area (Å²) in [5, 5.41) is 0. The molecule has 0 radical (unpaired) electrons. The van der Waals surface area contributed by atoms with Crippen molar-refractivity contribution in [1.82, 2.24) is 14.5 Å². The molecule has 0 N–H and O–H groups in total. The molecule has 5 nitrogen and oxygen atoms in total. The molecular formula is C28H35N3O2. The molecule has 0 bridgehead atoms. The summed E-state index contributed by atoms with van der Waals surface area (Å²) in [6, 6.07) is 17.0. The highest BCUT2D eigenvalue weighted by Crippen LogP contribution is 2.34.